The Morgan fingerprint density at radius 3 is 2.57 bits per heavy atom. The third-order valence-corrected chi connectivity index (χ3v) is 2.40. The first-order valence-electron chi connectivity index (χ1n) is 4.08. The normalized spacial score (nSPS) is 12.9. The van der Waals surface area contributed by atoms with E-state index in [2.05, 4.69) is 0 Å². The van der Waals surface area contributed by atoms with E-state index in [4.69, 9.17) is 17.3 Å². The number of aliphatic hydroxyl groups excluding tert-OH is 1. The van der Waals surface area contributed by atoms with Crippen LogP contribution in [0.4, 0.5) is 0 Å². The number of phenols is 2. The summed E-state index contributed by atoms with van der Waals surface area (Å²) >= 11 is 5.75. The van der Waals surface area contributed by atoms with Gasteiger partial charge >= 0.3 is 0 Å². The molecule has 4 nitrogen and oxygen atoms in total. The fourth-order valence-electron chi connectivity index (χ4n) is 1.29. The highest BCUT2D eigenvalue weighted by Gasteiger charge is 2.18. The van der Waals surface area contributed by atoms with Crippen molar-refractivity contribution in [3.8, 4) is 11.5 Å². The molecule has 0 amide bonds. The summed E-state index contributed by atoms with van der Waals surface area (Å²) in [5.41, 5.74) is 6.21. The number of hydrogen-bond acceptors (Lipinski definition) is 4. The van der Waals surface area contributed by atoms with Crippen LogP contribution in [-0.4, -0.2) is 21.9 Å². The zero-order chi connectivity index (χ0) is 10.9. The summed E-state index contributed by atoms with van der Waals surface area (Å²) in [6, 6.07) is 1.33. The molecule has 1 atom stereocenters. The van der Waals surface area contributed by atoms with Crippen LogP contribution in [0.25, 0.3) is 0 Å². The van der Waals surface area contributed by atoms with Crippen LogP contribution >= 0.6 is 11.6 Å². The standard InChI is InChI=1S/C9H12ClNO3/c1-4-2-5(12)9(14)8(10)7(4)6(13)3-11/h2,6,12-14H,3,11H2,1H3. The molecule has 78 valence electrons. The fraction of sp³-hybridized carbons (Fsp3) is 0.333. The molecular formula is C9H12ClNO3. The SMILES string of the molecule is Cc1cc(O)c(O)c(Cl)c1C(O)CN. The molecule has 0 heterocycles. The molecule has 0 aliphatic rings. The van der Waals surface area contributed by atoms with Gasteiger partial charge in [0.05, 0.1) is 11.1 Å². The Kier molecular flexibility index (Phi) is 3.21. The molecule has 1 rings (SSSR count). The lowest BCUT2D eigenvalue weighted by Crippen LogP contribution is -2.13. The second kappa shape index (κ2) is 4.04. The van der Waals surface area contributed by atoms with Crippen molar-refractivity contribution in [3.05, 3.63) is 22.2 Å². The van der Waals surface area contributed by atoms with E-state index in [1.165, 1.54) is 6.07 Å². The molecule has 0 aliphatic carbocycles. The molecule has 5 N–H and O–H groups in total. The summed E-state index contributed by atoms with van der Waals surface area (Å²) in [5, 5.41) is 28.0. The molecule has 1 aromatic carbocycles. The first kappa shape index (κ1) is 11.1. The van der Waals surface area contributed by atoms with E-state index < -0.39 is 11.9 Å². The lowest BCUT2D eigenvalue weighted by atomic mass is 10.0. The van der Waals surface area contributed by atoms with Crippen LogP contribution in [-0.2, 0) is 0 Å². The van der Waals surface area contributed by atoms with Crippen LogP contribution in [0.5, 0.6) is 11.5 Å². The molecule has 1 aromatic rings. The Hall–Kier alpha value is -0.970. The summed E-state index contributed by atoms with van der Waals surface area (Å²) < 4.78 is 0. The minimum atomic E-state index is -0.936. The molecule has 5 heteroatoms. The minimum Gasteiger partial charge on any atom is -0.504 e. The van der Waals surface area contributed by atoms with Gasteiger partial charge in [0.15, 0.2) is 11.5 Å². The topological polar surface area (TPSA) is 86.7 Å². The molecule has 0 radical (unpaired) electrons. The fourth-order valence-corrected chi connectivity index (χ4v) is 1.66. The van der Waals surface area contributed by atoms with Crippen molar-refractivity contribution in [1.82, 2.24) is 0 Å². The molecule has 0 saturated heterocycles. The van der Waals surface area contributed by atoms with Crippen molar-refractivity contribution in [2.45, 2.75) is 13.0 Å². The van der Waals surface area contributed by atoms with E-state index in [9.17, 15) is 15.3 Å². The Balaban J connectivity index is 3.36. The second-order valence-electron chi connectivity index (χ2n) is 3.04. The van der Waals surface area contributed by atoms with Gasteiger partial charge in [-0.25, -0.2) is 0 Å². The van der Waals surface area contributed by atoms with Crippen LogP contribution < -0.4 is 5.73 Å². The van der Waals surface area contributed by atoms with Gasteiger partial charge in [-0.2, -0.15) is 0 Å². The Bertz CT molecular complexity index is 354. The predicted octanol–water partition coefficient (Wildman–Crippen LogP) is 1.05. The average molecular weight is 218 g/mol. The van der Waals surface area contributed by atoms with E-state index in [0.717, 1.165) is 0 Å². The van der Waals surface area contributed by atoms with Crippen LogP contribution in [0.3, 0.4) is 0 Å². The summed E-state index contributed by atoms with van der Waals surface area (Å²) in [6.45, 7) is 1.67. The van der Waals surface area contributed by atoms with Gasteiger partial charge in [0.2, 0.25) is 0 Å². The lowest BCUT2D eigenvalue weighted by molar-refractivity contribution is 0.185. The maximum Gasteiger partial charge on any atom is 0.176 e. The molecule has 0 aliphatic heterocycles. The van der Waals surface area contributed by atoms with Gasteiger partial charge in [-0.05, 0) is 18.6 Å². The van der Waals surface area contributed by atoms with E-state index in [1.54, 1.807) is 6.92 Å². The van der Waals surface area contributed by atoms with E-state index in [1.807, 2.05) is 0 Å². The van der Waals surface area contributed by atoms with Crippen LogP contribution in [0.2, 0.25) is 5.02 Å². The third kappa shape index (κ3) is 1.77. The summed E-state index contributed by atoms with van der Waals surface area (Å²) in [6.07, 6.45) is -0.936. The van der Waals surface area contributed by atoms with Crippen LogP contribution in [0.15, 0.2) is 6.07 Å². The van der Waals surface area contributed by atoms with Gasteiger partial charge < -0.3 is 21.1 Å². The molecule has 1 unspecified atom stereocenters. The number of hydrogen-bond donors (Lipinski definition) is 4. The number of aromatic hydroxyl groups is 2. The Morgan fingerprint density at radius 2 is 2.07 bits per heavy atom. The summed E-state index contributed by atoms with van der Waals surface area (Å²) in [4.78, 5) is 0. The summed E-state index contributed by atoms with van der Waals surface area (Å²) in [7, 11) is 0. The average Bonchev–Trinajstić information content (AvgIpc) is 2.14. The Morgan fingerprint density at radius 1 is 1.50 bits per heavy atom. The highest BCUT2D eigenvalue weighted by Crippen LogP contribution is 2.40. The van der Waals surface area contributed by atoms with Crippen molar-refractivity contribution in [2.24, 2.45) is 5.73 Å². The maximum absolute atomic E-state index is 9.50. The van der Waals surface area contributed by atoms with Crippen molar-refractivity contribution < 1.29 is 15.3 Å². The van der Waals surface area contributed by atoms with Crippen LogP contribution in [0.1, 0.15) is 17.2 Å². The van der Waals surface area contributed by atoms with Crippen molar-refractivity contribution >= 4 is 11.6 Å². The number of rotatable bonds is 2. The second-order valence-corrected chi connectivity index (χ2v) is 3.42. The third-order valence-electron chi connectivity index (χ3n) is 2.02. The van der Waals surface area contributed by atoms with Gasteiger partial charge in [-0.15, -0.1) is 0 Å². The lowest BCUT2D eigenvalue weighted by Gasteiger charge is -2.15. The minimum absolute atomic E-state index is 0.00474. The number of aliphatic hydroxyl groups is 1. The molecule has 14 heavy (non-hydrogen) atoms. The van der Waals surface area contributed by atoms with Gasteiger partial charge in [-0.1, -0.05) is 11.6 Å². The smallest absolute Gasteiger partial charge is 0.176 e. The molecule has 0 aromatic heterocycles. The number of benzene rings is 1. The highest BCUT2D eigenvalue weighted by atomic mass is 35.5. The first-order valence-corrected chi connectivity index (χ1v) is 4.45. The van der Waals surface area contributed by atoms with Crippen molar-refractivity contribution in [1.29, 1.82) is 0 Å². The van der Waals surface area contributed by atoms with Gasteiger partial charge in [0.1, 0.15) is 0 Å². The van der Waals surface area contributed by atoms with E-state index in [0.29, 0.717) is 11.1 Å². The number of nitrogens with two attached hydrogens (primary N) is 1. The molecule has 0 bridgehead atoms. The molecule has 0 spiro atoms. The number of phenolic OH excluding ortho intramolecular Hbond substituents is 2. The first-order chi connectivity index (χ1) is 6.49. The Labute approximate surface area is 86.6 Å². The monoisotopic (exact) mass is 217 g/mol. The molecular weight excluding hydrogens is 206 g/mol. The van der Waals surface area contributed by atoms with E-state index in [-0.39, 0.29) is 17.3 Å². The zero-order valence-corrected chi connectivity index (χ0v) is 8.41. The van der Waals surface area contributed by atoms with Crippen molar-refractivity contribution in [3.63, 3.8) is 0 Å². The summed E-state index contributed by atoms with van der Waals surface area (Å²) in [5.74, 6) is -0.736. The van der Waals surface area contributed by atoms with E-state index >= 15 is 0 Å². The quantitative estimate of drug-likeness (QED) is 0.558. The number of aryl methyl sites for hydroxylation is 1. The van der Waals surface area contributed by atoms with Crippen molar-refractivity contribution in [2.75, 3.05) is 6.54 Å². The van der Waals surface area contributed by atoms with Gasteiger partial charge in [-0.3, -0.25) is 0 Å². The largest absolute Gasteiger partial charge is 0.504 e. The predicted molar refractivity (Wildman–Crippen MR) is 53.5 cm³/mol. The zero-order valence-electron chi connectivity index (χ0n) is 7.66. The number of halogens is 1. The molecule has 0 saturated carbocycles. The molecule has 0 fully saturated rings. The van der Waals surface area contributed by atoms with Crippen LogP contribution in [0, 0.1) is 6.92 Å². The maximum atomic E-state index is 9.50. The van der Waals surface area contributed by atoms with Gasteiger partial charge in [0, 0.05) is 12.1 Å². The highest BCUT2D eigenvalue weighted by molar-refractivity contribution is 6.33. The van der Waals surface area contributed by atoms with Gasteiger partial charge in [0.25, 0.3) is 0 Å².